The fourth-order valence-electron chi connectivity index (χ4n) is 5.63. The number of anilines is 2. The lowest BCUT2D eigenvalue weighted by Crippen LogP contribution is -2.45. The fraction of sp³-hybridized carbons (Fsp3) is 0.385. The van der Waals surface area contributed by atoms with Gasteiger partial charge in [-0.3, -0.25) is 5.32 Å². The van der Waals surface area contributed by atoms with Gasteiger partial charge in [-0.15, -0.1) is 0 Å². The summed E-state index contributed by atoms with van der Waals surface area (Å²) in [5, 5.41) is 9.34. The minimum atomic E-state index is -3.15. The highest BCUT2D eigenvalue weighted by molar-refractivity contribution is 8.17. The van der Waals surface area contributed by atoms with E-state index in [0.717, 1.165) is 35.9 Å². The number of carbonyl (C=O) groups is 1. The van der Waals surface area contributed by atoms with Gasteiger partial charge in [0.05, 0.1) is 38.5 Å². The molecule has 2 heterocycles. The zero-order valence-corrected chi connectivity index (χ0v) is 23.9. The van der Waals surface area contributed by atoms with E-state index >= 15 is 0 Å². The van der Waals surface area contributed by atoms with Gasteiger partial charge in [0.2, 0.25) is 0 Å². The zero-order valence-electron chi connectivity index (χ0n) is 20.7. The molecule has 2 amide bonds. The molecule has 1 fully saturated rings. The smallest absolute Gasteiger partial charge is 0.327 e. The summed E-state index contributed by atoms with van der Waals surface area (Å²) in [5.41, 5.74) is 2.23. The number of hydrogen-bond acceptors (Lipinski definition) is 4. The maximum absolute atomic E-state index is 13.8. The third kappa shape index (κ3) is 4.61. The molecule has 1 saturated carbocycles. The Morgan fingerprint density at radius 2 is 1.83 bits per heavy atom. The molecular weight excluding hydrogens is 534 g/mol. The number of carbonyl (C=O) groups excluding carboxylic acids is 1. The van der Waals surface area contributed by atoms with E-state index in [1.54, 1.807) is 27.6 Å². The molecule has 0 spiro atoms. The Morgan fingerprint density at radius 3 is 2.50 bits per heavy atom. The van der Waals surface area contributed by atoms with Crippen LogP contribution < -0.4 is 15.3 Å². The van der Waals surface area contributed by atoms with Crippen molar-refractivity contribution < 1.29 is 9.32 Å². The first-order valence-corrected chi connectivity index (χ1v) is 15.4. The SMILES string of the molecule is Cc1nn(-c2ccccc2)c2c1P(=S)(OC1CC(C)CC(C)(C)C1)N(c1ccc(Cl)c(Cl)c1)C(=O)N2. The minimum Gasteiger partial charge on any atom is -0.327 e. The van der Waals surface area contributed by atoms with Gasteiger partial charge in [-0.1, -0.05) is 62.2 Å². The van der Waals surface area contributed by atoms with Crippen molar-refractivity contribution in [3.63, 3.8) is 0 Å². The lowest BCUT2D eigenvalue weighted by molar-refractivity contribution is 0.0649. The molecule has 3 atom stereocenters. The van der Waals surface area contributed by atoms with Crippen molar-refractivity contribution in [1.82, 2.24) is 9.78 Å². The molecule has 1 N–H and O–H groups in total. The van der Waals surface area contributed by atoms with E-state index in [2.05, 4.69) is 26.1 Å². The summed E-state index contributed by atoms with van der Waals surface area (Å²) >= 11 is 19.0. The fourth-order valence-corrected chi connectivity index (χ4v) is 10.00. The molecule has 0 bridgehead atoms. The molecule has 0 saturated heterocycles. The maximum Gasteiger partial charge on any atom is 0.333 e. The molecule has 190 valence electrons. The maximum atomic E-state index is 13.8. The number of aromatic nitrogens is 2. The monoisotopic (exact) mass is 562 g/mol. The van der Waals surface area contributed by atoms with Crippen LogP contribution in [0.5, 0.6) is 0 Å². The quantitative estimate of drug-likeness (QED) is 0.331. The first-order valence-electron chi connectivity index (χ1n) is 12.0. The van der Waals surface area contributed by atoms with Gasteiger partial charge in [0.25, 0.3) is 0 Å². The summed E-state index contributed by atoms with van der Waals surface area (Å²) in [6, 6.07) is 14.4. The van der Waals surface area contributed by atoms with E-state index in [9.17, 15) is 4.79 Å². The number of amides is 2. The van der Waals surface area contributed by atoms with E-state index in [4.69, 9.17) is 44.6 Å². The van der Waals surface area contributed by atoms with Crippen LogP contribution in [0.3, 0.4) is 0 Å². The Hall–Kier alpha value is -1.89. The predicted molar refractivity (Wildman–Crippen MR) is 152 cm³/mol. The lowest BCUT2D eigenvalue weighted by Gasteiger charge is -2.44. The number of nitrogens with zero attached hydrogens (tertiary/aromatic N) is 3. The van der Waals surface area contributed by atoms with Crippen LogP contribution in [-0.2, 0) is 16.3 Å². The van der Waals surface area contributed by atoms with Crippen molar-refractivity contribution in [2.24, 2.45) is 11.3 Å². The van der Waals surface area contributed by atoms with Crippen LogP contribution in [0.25, 0.3) is 5.69 Å². The Morgan fingerprint density at radius 1 is 1.11 bits per heavy atom. The number of benzene rings is 2. The zero-order chi connectivity index (χ0) is 25.8. The molecular formula is C26H29Cl2N4O2PS. The first kappa shape index (κ1) is 25.7. The topological polar surface area (TPSA) is 59.4 Å². The van der Waals surface area contributed by atoms with Crippen molar-refractivity contribution >= 4 is 64.3 Å². The average Bonchev–Trinajstić information content (AvgIpc) is 3.12. The van der Waals surface area contributed by atoms with E-state index < -0.39 is 6.42 Å². The normalized spacial score (nSPS) is 25.4. The molecule has 1 aromatic heterocycles. The standard InChI is InChI=1S/C26H29Cl2N4O2PS/c1-16-12-20(15-26(3,4)14-16)34-35(36)23-17(2)30-31(18-8-6-5-7-9-18)24(23)29-25(33)32(35)19-10-11-21(27)22(28)13-19/h5-11,13,16,20H,12,14-15H2,1-4H3,(H,29,33). The van der Waals surface area contributed by atoms with Gasteiger partial charge < -0.3 is 4.52 Å². The Balaban J connectivity index is 1.68. The summed E-state index contributed by atoms with van der Waals surface area (Å²) in [7, 11) is 0. The molecule has 6 nitrogen and oxygen atoms in total. The number of fused-ring (bicyclic) bond motifs is 1. The van der Waals surface area contributed by atoms with Gasteiger partial charge in [-0.05, 0) is 79.7 Å². The predicted octanol–water partition coefficient (Wildman–Crippen LogP) is 7.71. The molecule has 1 aliphatic heterocycles. The highest BCUT2D eigenvalue weighted by Crippen LogP contribution is 2.60. The Labute approximate surface area is 227 Å². The molecule has 36 heavy (non-hydrogen) atoms. The molecule has 1 aliphatic carbocycles. The largest absolute Gasteiger partial charge is 0.333 e. The molecule has 5 rings (SSSR count). The summed E-state index contributed by atoms with van der Waals surface area (Å²) in [4.78, 5) is 13.8. The minimum absolute atomic E-state index is 0.0851. The summed E-state index contributed by atoms with van der Waals surface area (Å²) in [6.07, 6.45) is -0.345. The average molecular weight is 563 g/mol. The molecule has 3 aromatic rings. The number of halogens is 2. The number of urea groups is 1. The van der Waals surface area contributed by atoms with Crippen LogP contribution in [0.1, 0.15) is 45.7 Å². The van der Waals surface area contributed by atoms with Gasteiger partial charge in [-0.25, -0.2) is 14.1 Å². The third-order valence-electron chi connectivity index (χ3n) is 6.78. The highest BCUT2D eigenvalue weighted by Gasteiger charge is 2.47. The Bertz CT molecular complexity index is 1380. The van der Waals surface area contributed by atoms with Crippen molar-refractivity contribution in [3.8, 4) is 5.69 Å². The van der Waals surface area contributed by atoms with Gasteiger partial charge >= 0.3 is 6.03 Å². The van der Waals surface area contributed by atoms with Crippen molar-refractivity contribution in [3.05, 3.63) is 64.3 Å². The highest BCUT2D eigenvalue weighted by atomic mass is 35.5. The van der Waals surface area contributed by atoms with E-state index in [1.165, 1.54) is 0 Å². The second-order valence-electron chi connectivity index (χ2n) is 10.5. The van der Waals surface area contributed by atoms with Crippen molar-refractivity contribution in [2.45, 2.75) is 53.1 Å². The second kappa shape index (κ2) is 9.45. The Kier molecular flexibility index (Phi) is 6.76. The number of nitrogens with one attached hydrogen (secondary N) is 1. The van der Waals surface area contributed by atoms with Crippen LogP contribution in [0, 0.1) is 18.3 Å². The molecule has 3 unspecified atom stereocenters. The molecule has 2 aliphatic rings. The number of hydrogen-bond donors (Lipinski definition) is 1. The summed E-state index contributed by atoms with van der Waals surface area (Å²) < 4.78 is 10.3. The van der Waals surface area contributed by atoms with Crippen molar-refractivity contribution in [1.29, 1.82) is 0 Å². The lowest BCUT2D eigenvalue weighted by atomic mass is 9.72. The molecule has 10 heteroatoms. The van der Waals surface area contributed by atoms with Crippen LogP contribution >= 0.6 is 29.6 Å². The number of aryl methyl sites for hydroxylation is 1. The second-order valence-corrected chi connectivity index (χ2v) is 14.9. The van der Waals surface area contributed by atoms with Crippen molar-refractivity contribution in [2.75, 3.05) is 9.99 Å². The van der Waals surface area contributed by atoms with Gasteiger partial charge in [0, 0.05) is 0 Å². The van der Waals surface area contributed by atoms with Gasteiger partial charge in [0.1, 0.15) is 0 Å². The number of rotatable bonds is 4. The molecule has 0 radical (unpaired) electrons. The van der Waals surface area contributed by atoms with E-state index in [1.807, 2.05) is 37.3 Å². The van der Waals surface area contributed by atoms with Crippen LogP contribution in [0.15, 0.2) is 48.5 Å². The third-order valence-corrected chi connectivity index (χ3v) is 11.4. The van der Waals surface area contributed by atoms with Crippen LogP contribution in [-0.4, -0.2) is 21.9 Å². The summed E-state index contributed by atoms with van der Waals surface area (Å²) in [6.45, 7) is 8.70. The van der Waals surface area contributed by atoms with E-state index in [-0.39, 0.29) is 17.6 Å². The molecule has 2 aromatic carbocycles. The van der Waals surface area contributed by atoms with E-state index in [0.29, 0.717) is 27.5 Å². The van der Waals surface area contributed by atoms with Crippen LogP contribution in [0.4, 0.5) is 16.3 Å². The van der Waals surface area contributed by atoms with Gasteiger partial charge in [0.15, 0.2) is 12.2 Å². The number of para-hydroxylation sites is 1. The van der Waals surface area contributed by atoms with Gasteiger partial charge in [-0.2, -0.15) is 5.10 Å². The van der Waals surface area contributed by atoms with Crippen LogP contribution in [0.2, 0.25) is 10.0 Å². The summed E-state index contributed by atoms with van der Waals surface area (Å²) in [5.74, 6) is 1.05. The first-order chi connectivity index (χ1) is 17.0.